The lowest BCUT2D eigenvalue weighted by Gasteiger charge is -2.12. The molecule has 0 aromatic heterocycles. The van der Waals surface area contributed by atoms with E-state index in [0.717, 1.165) is 29.9 Å². The van der Waals surface area contributed by atoms with Crippen molar-refractivity contribution in [1.29, 1.82) is 0 Å². The minimum Gasteiger partial charge on any atom is -0.494 e. The molecule has 0 N–H and O–H groups in total. The number of hydrogen-bond acceptors (Lipinski definition) is 3. The highest BCUT2D eigenvalue weighted by Crippen LogP contribution is 2.25. The first-order valence-electron chi connectivity index (χ1n) is 9.68. The standard InChI is InChI=1S/C23H29ClO3/c1-4-5-6-15-26-20-11-7-18(8-12-20)19-9-13-21(14-10-19)27-23(25)22(24)16-17(2)3/h7-14,17,22H,4-6,15-16H2,1-3H3. The molecule has 146 valence electrons. The Bertz CT molecular complexity index is 693. The summed E-state index contributed by atoms with van der Waals surface area (Å²) < 4.78 is 11.1. The molecule has 0 aliphatic carbocycles. The summed E-state index contributed by atoms with van der Waals surface area (Å²) >= 11 is 6.09. The first kappa shape index (κ1) is 21.3. The molecular formula is C23H29ClO3. The van der Waals surface area contributed by atoms with Crippen LogP contribution in [0.2, 0.25) is 0 Å². The first-order valence-corrected chi connectivity index (χ1v) is 10.1. The van der Waals surface area contributed by atoms with Gasteiger partial charge in [0.2, 0.25) is 0 Å². The number of unbranched alkanes of at least 4 members (excludes halogenated alkanes) is 2. The molecule has 2 rings (SSSR count). The Morgan fingerprint density at radius 3 is 2.00 bits per heavy atom. The van der Waals surface area contributed by atoms with Gasteiger partial charge in [0.1, 0.15) is 16.9 Å². The van der Waals surface area contributed by atoms with Gasteiger partial charge in [0.25, 0.3) is 0 Å². The van der Waals surface area contributed by atoms with Crippen LogP contribution in [0.1, 0.15) is 46.5 Å². The van der Waals surface area contributed by atoms with Gasteiger partial charge >= 0.3 is 5.97 Å². The van der Waals surface area contributed by atoms with E-state index >= 15 is 0 Å². The molecule has 0 spiro atoms. The Hall–Kier alpha value is -2.00. The molecule has 2 aromatic carbocycles. The van der Waals surface area contributed by atoms with Crippen molar-refractivity contribution in [1.82, 2.24) is 0 Å². The Morgan fingerprint density at radius 1 is 0.926 bits per heavy atom. The van der Waals surface area contributed by atoms with Crippen LogP contribution in [-0.2, 0) is 4.79 Å². The highest BCUT2D eigenvalue weighted by atomic mass is 35.5. The van der Waals surface area contributed by atoms with Gasteiger partial charge in [-0.1, -0.05) is 57.9 Å². The van der Waals surface area contributed by atoms with Crippen molar-refractivity contribution < 1.29 is 14.3 Å². The van der Waals surface area contributed by atoms with Gasteiger partial charge in [-0.05, 0) is 54.2 Å². The van der Waals surface area contributed by atoms with Gasteiger partial charge in [0.05, 0.1) is 6.61 Å². The highest BCUT2D eigenvalue weighted by molar-refractivity contribution is 6.30. The molecule has 0 aliphatic heterocycles. The Morgan fingerprint density at radius 2 is 1.48 bits per heavy atom. The monoisotopic (exact) mass is 388 g/mol. The maximum atomic E-state index is 12.0. The minimum atomic E-state index is -0.616. The normalized spacial score (nSPS) is 12.0. The second kappa shape index (κ2) is 11.0. The topological polar surface area (TPSA) is 35.5 Å². The average Bonchev–Trinajstić information content (AvgIpc) is 2.66. The van der Waals surface area contributed by atoms with Gasteiger partial charge in [0, 0.05) is 0 Å². The van der Waals surface area contributed by atoms with Gasteiger partial charge in [-0.15, -0.1) is 11.6 Å². The van der Waals surface area contributed by atoms with Crippen LogP contribution in [0, 0.1) is 5.92 Å². The number of benzene rings is 2. The molecule has 4 heteroatoms. The highest BCUT2D eigenvalue weighted by Gasteiger charge is 2.19. The fourth-order valence-corrected chi connectivity index (χ4v) is 3.09. The van der Waals surface area contributed by atoms with E-state index in [1.807, 2.05) is 50.2 Å². The Kier molecular flexibility index (Phi) is 8.66. The van der Waals surface area contributed by atoms with Crippen LogP contribution in [0.15, 0.2) is 48.5 Å². The number of halogens is 1. The number of rotatable bonds is 10. The van der Waals surface area contributed by atoms with Gasteiger partial charge < -0.3 is 9.47 Å². The second-order valence-electron chi connectivity index (χ2n) is 7.12. The number of esters is 1. The van der Waals surface area contributed by atoms with Crippen molar-refractivity contribution in [2.45, 2.75) is 51.8 Å². The molecule has 2 aromatic rings. The number of carbonyl (C=O) groups is 1. The van der Waals surface area contributed by atoms with Gasteiger partial charge in [-0.2, -0.15) is 0 Å². The van der Waals surface area contributed by atoms with E-state index in [-0.39, 0.29) is 0 Å². The van der Waals surface area contributed by atoms with Crippen LogP contribution in [0.5, 0.6) is 11.5 Å². The third kappa shape index (κ3) is 7.26. The van der Waals surface area contributed by atoms with E-state index in [4.69, 9.17) is 21.1 Å². The predicted molar refractivity (Wildman–Crippen MR) is 112 cm³/mol. The van der Waals surface area contributed by atoms with Crippen LogP contribution in [0.3, 0.4) is 0 Å². The Balaban J connectivity index is 1.91. The van der Waals surface area contributed by atoms with Crippen LogP contribution in [0.25, 0.3) is 11.1 Å². The summed E-state index contributed by atoms with van der Waals surface area (Å²) in [5.41, 5.74) is 2.14. The molecule has 0 amide bonds. The molecule has 0 heterocycles. The lowest BCUT2D eigenvalue weighted by molar-refractivity contribution is -0.134. The van der Waals surface area contributed by atoms with Crippen LogP contribution < -0.4 is 9.47 Å². The van der Waals surface area contributed by atoms with E-state index in [1.54, 1.807) is 12.1 Å². The maximum Gasteiger partial charge on any atom is 0.329 e. The van der Waals surface area contributed by atoms with Gasteiger partial charge in [-0.25, -0.2) is 0 Å². The molecule has 0 saturated heterocycles. The summed E-state index contributed by atoms with van der Waals surface area (Å²) in [6.45, 7) is 6.99. The quantitative estimate of drug-likeness (QED) is 0.202. The van der Waals surface area contributed by atoms with E-state index in [1.165, 1.54) is 12.8 Å². The third-order valence-electron chi connectivity index (χ3n) is 4.21. The summed E-state index contributed by atoms with van der Waals surface area (Å²) in [7, 11) is 0. The summed E-state index contributed by atoms with van der Waals surface area (Å²) in [5, 5.41) is -0.616. The van der Waals surface area contributed by atoms with Crippen molar-refractivity contribution in [2.24, 2.45) is 5.92 Å². The van der Waals surface area contributed by atoms with Crippen molar-refractivity contribution in [3.63, 3.8) is 0 Å². The molecular weight excluding hydrogens is 360 g/mol. The SMILES string of the molecule is CCCCCOc1ccc(-c2ccc(OC(=O)C(Cl)CC(C)C)cc2)cc1. The second-order valence-corrected chi connectivity index (χ2v) is 7.65. The van der Waals surface area contributed by atoms with Crippen LogP contribution in [-0.4, -0.2) is 18.0 Å². The van der Waals surface area contributed by atoms with Gasteiger partial charge in [-0.3, -0.25) is 4.79 Å². The number of carbonyl (C=O) groups excluding carboxylic acids is 1. The van der Waals surface area contributed by atoms with Crippen molar-refractivity contribution >= 4 is 17.6 Å². The van der Waals surface area contributed by atoms with E-state index in [9.17, 15) is 4.79 Å². The molecule has 0 saturated carbocycles. The zero-order valence-corrected chi connectivity index (χ0v) is 17.2. The summed E-state index contributed by atoms with van der Waals surface area (Å²) in [6.07, 6.45) is 4.07. The fourth-order valence-electron chi connectivity index (χ4n) is 2.69. The largest absolute Gasteiger partial charge is 0.494 e. The van der Waals surface area contributed by atoms with E-state index in [0.29, 0.717) is 18.1 Å². The molecule has 0 radical (unpaired) electrons. The molecule has 0 aliphatic rings. The zero-order valence-electron chi connectivity index (χ0n) is 16.4. The fraction of sp³-hybridized carbons (Fsp3) is 0.435. The molecule has 0 bridgehead atoms. The summed E-state index contributed by atoms with van der Waals surface area (Å²) in [5.74, 6) is 1.34. The van der Waals surface area contributed by atoms with E-state index < -0.39 is 11.3 Å². The third-order valence-corrected chi connectivity index (χ3v) is 4.57. The molecule has 1 atom stereocenters. The van der Waals surface area contributed by atoms with Gasteiger partial charge in [0.15, 0.2) is 0 Å². The molecule has 1 unspecified atom stereocenters. The predicted octanol–water partition coefficient (Wildman–Crippen LogP) is 6.48. The molecule has 3 nitrogen and oxygen atoms in total. The molecule has 0 fully saturated rings. The maximum absolute atomic E-state index is 12.0. The summed E-state index contributed by atoms with van der Waals surface area (Å²) in [4.78, 5) is 12.0. The minimum absolute atomic E-state index is 0.348. The molecule has 27 heavy (non-hydrogen) atoms. The van der Waals surface area contributed by atoms with Crippen molar-refractivity contribution in [3.05, 3.63) is 48.5 Å². The van der Waals surface area contributed by atoms with E-state index in [2.05, 4.69) is 6.92 Å². The summed E-state index contributed by atoms with van der Waals surface area (Å²) in [6, 6.07) is 15.5. The average molecular weight is 389 g/mol. The van der Waals surface area contributed by atoms with Crippen LogP contribution >= 0.6 is 11.6 Å². The van der Waals surface area contributed by atoms with Crippen molar-refractivity contribution in [2.75, 3.05) is 6.61 Å². The lowest BCUT2D eigenvalue weighted by Crippen LogP contribution is -2.22. The Labute approximate surface area is 167 Å². The lowest BCUT2D eigenvalue weighted by atomic mass is 10.1. The number of ether oxygens (including phenoxy) is 2. The van der Waals surface area contributed by atoms with Crippen molar-refractivity contribution in [3.8, 4) is 22.6 Å². The number of alkyl halides is 1. The van der Waals surface area contributed by atoms with Crippen LogP contribution in [0.4, 0.5) is 0 Å². The number of hydrogen-bond donors (Lipinski definition) is 0. The smallest absolute Gasteiger partial charge is 0.329 e. The zero-order chi connectivity index (χ0) is 19.6. The first-order chi connectivity index (χ1) is 13.0.